The number of aromatic hydroxyl groups is 2. The second-order valence-electron chi connectivity index (χ2n) is 24.7. The molecule has 0 aliphatic carbocycles. The summed E-state index contributed by atoms with van der Waals surface area (Å²) >= 11 is 0. The van der Waals surface area contributed by atoms with Gasteiger partial charge in [0, 0.05) is 19.3 Å². The first-order chi connectivity index (χ1) is 47.8. The lowest BCUT2D eigenvalue weighted by atomic mass is 10.0. The van der Waals surface area contributed by atoms with E-state index in [1.807, 2.05) is 0 Å². The lowest BCUT2D eigenvalue weighted by molar-refractivity contribution is -0.141. The van der Waals surface area contributed by atoms with E-state index < -0.39 is 192 Å². The van der Waals surface area contributed by atoms with Crippen molar-refractivity contribution in [3.8, 4) is 11.5 Å². The molecule has 0 heterocycles. The van der Waals surface area contributed by atoms with Crippen LogP contribution in [0, 0.1) is 0 Å². The van der Waals surface area contributed by atoms with Crippen LogP contribution in [0.25, 0.3) is 0 Å². The number of nitrogens with two attached hydrogens (primary N) is 3. The number of carboxylic acid groups (broad SMARTS) is 2. The molecule has 2 aromatic rings. The molecule has 0 aromatic heterocycles. The van der Waals surface area contributed by atoms with E-state index in [4.69, 9.17) is 27.4 Å². The molecular formula is C65H101N17O20. The van der Waals surface area contributed by atoms with E-state index in [2.05, 4.69) is 74.4 Å². The third-order valence-electron chi connectivity index (χ3n) is 15.7. The number of carboxylic acids is 2. The molecule has 0 saturated carbocycles. The molecular weight excluding hydrogens is 1340 g/mol. The molecule has 14 amide bonds. The summed E-state index contributed by atoms with van der Waals surface area (Å²) in [5, 5.41) is 72.3. The number of nitrogens with one attached hydrogen (secondary N) is 14. The van der Waals surface area contributed by atoms with Gasteiger partial charge < -0.3 is 112 Å². The van der Waals surface area contributed by atoms with Gasteiger partial charge in [0.25, 0.3) is 0 Å². The Morgan fingerprint density at radius 3 is 0.784 bits per heavy atom. The summed E-state index contributed by atoms with van der Waals surface area (Å²) in [5.74, 6) is -14.8. The van der Waals surface area contributed by atoms with E-state index >= 15 is 0 Å². The molecule has 0 aliphatic heterocycles. The fourth-order valence-electron chi connectivity index (χ4n) is 9.19. The number of rotatable bonds is 44. The van der Waals surface area contributed by atoms with E-state index in [0.29, 0.717) is 24.0 Å². The quantitative estimate of drug-likeness (QED) is 0.0275. The summed E-state index contributed by atoms with van der Waals surface area (Å²) in [6.45, 7) is 13.2. The highest BCUT2D eigenvalue weighted by Crippen LogP contribution is 2.15. The average Bonchev–Trinajstić information content (AvgIpc) is 0.876. The molecule has 0 bridgehead atoms. The smallest absolute Gasteiger partial charge is 0.325 e. The van der Waals surface area contributed by atoms with E-state index in [9.17, 15) is 86.9 Å². The van der Waals surface area contributed by atoms with E-state index in [1.54, 1.807) is 0 Å². The molecule has 0 unspecified atom stereocenters. The summed E-state index contributed by atoms with van der Waals surface area (Å²) in [7, 11) is 0. The lowest BCUT2D eigenvalue weighted by Gasteiger charge is -2.27. The number of phenols is 2. The van der Waals surface area contributed by atoms with Crippen molar-refractivity contribution < 1.29 is 97.1 Å². The zero-order chi connectivity index (χ0) is 77.2. The summed E-state index contributed by atoms with van der Waals surface area (Å²) in [4.78, 5) is 210. The number of benzene rings is 2. The third kappa shape index (κ3) is 31.7. The van der Waals surface area contributed by atoms with Gasteiger partial charge in [0.2, 0.25) is 82.7 Å². The van der Waals surface area contributed by atoms with Crippen molar-refractivity contribution >= 4 is 94.6 Å². The van der Waals surface area contributed by atoms with Gasteiger partial charge in [-0.25, -0.2) is 0 Å². The molecule has 37 heteroatoms. The van der Waals surface area contributed by atoms with Crippen LogP contribution < -0.4 is 91.6 Å². The Bertz CT molecular complexity index is 3250. The average molecular weight is 1440 g/mol. The van der Waals surface area contributed by atoms with Crippen molar-refractivity contribution in [2.45, 2.75) is 224 Å². The van der Waals surface area contributed by atoms with Gasteiger partial charge in [0.1, 0.15) is 96.1 Å². The molecule has 2 aromatic carbocycles. The molecule has 0 aliphatic rings. The predicted molar refractivity (Wildman–Crippen MR) is 366 cm³/mol. The first kappa shape index (κ1) is 87.5. The number of amides is 14. The van der Waals surface area contributed by atoms with Crippen molar-refractivity contribution in [2.24, 2.45) is 17.2 Å². The van der Waals surface area contributed by atoms with Gasteiger partial charge in [-0.15, -0.1) is 0 Å². The van der Waals surface area contributed by atoms with Crippen LogP contribution in [-0.4, -0.2) is 219 Å². The monoisotopic (exact) mass is 1440 g/mol. The van der Waals surface area contributed by atoms with Crippen molar-refractivity contribution in [3.63, 3.8) is 0 Å². The Balaban J connectivity index is 2.29. The highest BCUT2D eigenvalue weighted by atomic mass is 16.4. The van der Waals surface area contributed by atoms with Crippen LogP contribution in [0.3, 0.4) is 0 Å². The van der Waals surface area contributed by atoms with Crippen LogP contribution in [0.15, 0.2) is 48.5 Å². The minimum atomic E-state index is -1.50. The molecule has 102 heavy (non-hydrogen) atoms. The zero-order valence-electron chi connectivity index (χ0n) is 58.8. The van der Waals surface area contributed by atoms with Crippen molar-refractivity contribution in [3.05, 3.63) is 59.7 Å². The van der Waals surface area contributed by atoms with Crippen LogP contribution >= 0.6 is 0 Å². The second kappa shape index (κ2) is 43.9. The maximum Gasteiger partial charge on any atom is 0.325 e. The number of carbonyl (C=O) groups is 16. The Morgan fingerprint density at radius 2 is 0.529 bits per heavy atom. The van der Waals surface area contributed by atoms with Gasteiger partial charge in [-0.2, -0.15) is 0 Å². The van der Waals surface area contributed by atoms with E-state index in [1.165, 1.54) is 118 Å². The van der Waals surface area contributed by atoms with Crippen LogP contribution in [0.2, 0.25) is 0 Å². The van der Waals surface area contributed by atoms with Crippen LogP contribution in [-0.2, 0) is 89.6 Å². The molecule has 37 nitrogen and oxygen atoms in total. The second-order valence-corrected chi connectivity index (χ2v) is 24.7. The maximum atomic E-state index is 14.4. The Labute approximate surface area is 589 Å². The van der Waals surface area contributed by atoms with Gasteiger partial charge in [-0.1, -0.05) is 24.3 Å². The summed E-state index contributed by atoms with van der Waals surface area (Å²) in [6.07, 6.45) is 0.131. The van der Waals surface area contributed by atoms with Crippen LogP contribution in [0.4, 0.5) is 0 Å². The summed E-state index contributed by atoms with van der Waals surface area (Å²) < 4.78 is 0. The Hall–Kier alpha value is -10.6. The number of unbranched alkanes of at least 4 members (excludes halogenated alkanes) is 2. The minimum absolute atomic E-state index is 0.0377. The largest absolute Gasteiger partial charge is 0.508 e. The van der Waals surface area contributed by atoms with Crippen LogP contribution in [0.1, 0.15) is 132 Å². The van der Waals surface area contributed by atoms with Crippen molar-refractivity contribution in [1.82, 2.24) is 74.4 Å². The maximum absolute atomic E-state index is 14.4. The van der Waals surface area contributed by atoms with Gasteiger partial charge in [-0.05, 0) is 163 Å². The lowest BCUT2D eigenvalue weighted by Crippen LogP contribution is -2.60. The van der Waals surface area contributed by atoms with Crippen LogP contribution in [0.5, 0.6) is 11.5 Å². The molecule has 2 rings (SSSR count). The molecule has 15 atom stereocenters. The van der Waals surface area contributed by atoms with Gasteiger partial charge in [0.15, 0.2) is 0 Å². The van der Waals surface area contributed by atoms with Gasteiger partial charge >= 0.3 is 11.9 Å². The molecule has 0 saturated heterocycles. The summed E-state index contributed by atoms with van der Waals surface area (Å²) in [5.41, 5.74) is 18.1. The first-order valence-electron chi connectivity index (χ1n) is 33.2. The molecule has 566 valence electrons. The molecule has 24 N–H and O–H groups in total. The fourth-order valence-corrected chi connectivity index (χ4v) is 9.19. The third-order valence-corrected chi connectivity index (χ3v) is 15.7. The normalized spacial score (nSPS) is 15.4. The number of carbonyl (C=O) groups excluding carboxylic acids is 14. The first-order valence-corrected chi connectivity index (χ1v) is 33.2. The zero-order valence-corrected chi connectivity index (χ0v) is 58.8. The topological polar surface area (TPSA) is 601 Å². The molecule has 0 fully saturated rings. The molecule has 0 spiro atoms. The number of hydrogen-bond donors (Lipinski definition) is 21. The summed E-state index contributed by atoms with van der Waals surface area (Å²) in [6, 6.07) is -8.78. The molecule has 0 radical (unpaired) electrons. The minimum Gasteiger partial charge on any atom is -0.508 e. The SMILES string of the molecule is C[C@H](NC(=O)[C@H](C)NC(=O)[C@H](C)NC(=O)[C@H](C)NC(=O)[C@H](C)NC(=O)[C@H](C)NC(=O)[C@H](CCCCN)NC(=O)[C@H](Cc1ccc(O)cc1)NC(=O)[C@H](C)NC(=O)[C@H](CCCCN)NC(=O)[C@H](Cc1ccc(O)cc1)NC(=O)[C@H](C)NC(=O)[C@H](C)NC(=O)[C@H](C)NC(=O)[C@@H](N)CCC(=O)O)C(=O)O. The standard InChI is InChI=1S/C65H101N17O20/c1-31(51(87)70-32(2)53(89)73-35(5)57(93)78-40(10)65(101)102)69-52(88)33(3)72-56(92)37(7)76-61(97)46(15-11-13-27-66)79-64(100)49(30-42-19-23-44(84)24-20-42)82-59(95)39(9)77-62(98)47(16-12-14-28-67)80-63(99)48(29-41-17-21-43(83)22-18-41)81-58(94)38(8)74-54(90)34(4)71-55(91)36(6)75-60(96)45(68)25-26-50(85)86/h17-24,31-40,45-49,83-84H,11-16,25-30,66-68H2,1-10H3,(H,69,88)(H,70,87)(H,71,91)(H,72,92)(H,73,89)(H,74,90)(H,75,96)(H,76,97)(H,77,98)(H,78,93)(H,79,100)(H,80,99)(H,81,94)(H,82,95)(H,85,86)(H,101,102)/t31-,32-,33-,34-,35-,36-,37-,38-,39-,40-,45-,46-,47-,48-,49-/m0/s1. The number of phenolic OH excluding ortho intramolecular Hbond substituents is 2. The van der Waals surface area contributed by atoms with Gasteiger partial charge in [-0.3, -0.25) is 76.7 Å². The Kier molecular flexibility index (Phi) is 37.6. The van der Waals surface area contributed by atoms with Crippen molar-refractivity contribution in [2.75, 3.05) is 13.1 Å². The highest BCUT2D eigenvalue weighted by Gasteiger charge is 2.35. The van der Waals surface area contributed by atoms with Gasteiger partial charge in [0.05, 0.1) is 6.04 Å². The number of hydrogen-bond acceptors (Lipinski definition) is 21. The number of aliphatic carboxylic acids is 2. The highest BCUT2D eigenvalue weighted by molar-refractivity contribution is 6.00. The van der Waals surface area contributed by atoms with Crippen molar-refractivity contribution in [1.29, 1.82) is 0 Å². The predicted octanol–water partition coefficient (Wildman–Crippen LogP) is -5.60. The van der Waals surface area contributed by atoms with E-state index in [-0.39, 0.29) is 69.5 Å². The Morgan fingerprint density at radius 1 is 0.304 bits per heavy atom. The van der Waals surface area contributed by atoms with E-state index in [0.717, 1.165) is 0 Å². The fraction of sp³-hybridized carbons (Fsp3) is 0.569.